The normalized spacial score (nSPS) is 14.0. The van der Waals surface area contributed by atoms with Gasteiger partial charge in [0.05, 0.1) is 6.54 Å². The van der Waals surface area contributed by atoms with Crippen molar-refractivity contribution >= 4 is 17.3 Å². The summed E-state index contributed by atoms with van der Waals surface area (Å²) in [6, 6.07) is 11.0. The average Bonchev–Trinajstić information content (AvgIpc) is 3.18. The van der Waals surface area contributed by atoms with Crippen LogP contribution in [-0.2, 0) is 25.9 Å². The SMILES string of the molecule is CN=C(NCc1ccc2c(c1)CCC2)NCc1cccs1. The summed E-state index contributed by atoms with van der Waals surface area (Å²) < 4.78 is 0. The molecule has 21 heavy (non-hydrogen) atoms. The van der Waals surface area contributed by atoms with Crippen LogP contribution in [0, 0.1) is 0 Å². The number of hydrogen-bond donors (Lipinski definition) is 2. The van der Waals surface area contributed by atoms with Crippen molar-refractivity contribution < 1.29 is 0 Å². The molecule has 1 aliphatic rings. The molecule has 0 atom stereocenters. The molecule has 110 valence electrons. The highest BCUT2D eigenvalue weighted by Gasteiger charge is 2.10. The first-order valence-electron chi connectivity index (χ1n) is 7.43. The Kier molecular flexibility index (Phi) is 4.55. The summed E-state index contributed by atoms with van der Waals surface area (Å²) in [5, 5.41) is 8.82. The number of hydrogen-bond acceptors (Lipinski definition) is 2. The summed E-state index contributed by atoms with van der Waals surface area (Å²) in [6.45, 7) is 1.64. The minimum absolute atomic E-state index is 0.817. The molecule has 0 fully saturated rings. The molecule has 0 bridgehead atoms. The Morgan fingerprint density at radius 2 is 2.00 bits per heavy atom. The molecule has 1 aromatic heterocycles. The Hall–Kier alpha value is -1.81. The van der Waals surface area contributed by atoms with Gasteiger partial charge in [-0.2, -0.15) is 0 Å². The predicted molar refractivity (Wildman–Crippen MR) is 89.8 cm³/mol. The molecule has 0 saturated heterocycles. The maximum Gasteiger partial charge on any atom is 0.191 e. The molecule has 2 aromatic rings. The van der Waals surface area contributed by atoms with E-state index >= 15 is 0 Å². The third-order valence-electron chi connectivity index (χ3n) is 3.86. The first-order chi connectivity index (χ1) is 10.3. The highest BCUT2D eigenvalue weighted by atomic mass is 32.1. The highest BCUT2D eigenvalue weighted by Crippen LogP contribution is 2.22. The lowest BCUT2D eigenvalue weighted by Crippen LogP contribution is -2.36. The summed E-state index contributed by atoms with van der Waals surface area (Å²) in [7, 11) is 1.81. The number of fused-ring (bicyclic) bond motifs is 1. The number of thiophene rings is 1. The lowest BCUT2D eigenvalue weighted by Gasteiger charge is -2.12. The molecular weight excluding hydrogens is 278 g/mol. The number of benzene rings is 1. The van der Waals surface area contributed by atoms with Crippen LogP contribution in [0.3, 0.4) is 0 Å². The van der Waals surface area contributed by atoms with Gasteiger partial charge in [0.25, 0.3) is 0 Å². The maximum absolute atomic E-state index is 4.27. The Balaban J connectivity index is 1.53. The smallest absolute Gasteiger partial charge is 0.191 e. The summed E-state index contributed by atoms with van der Waals surface area (Å²) in [5.74, 6) is 0.851. The van der Waals surface area contributed by atoms with Crippen LogP contribution in [0.4, 0.5) is 0 Å². The molecule has 3 rings (SSSR count). The fourth-order valence-electron chi connectivity index (χ4n) is 2.73. The van der Waals surface area contributed by atoms with E-state index in [9.17, 15) is 0 Å². The number of nitrogens with zero attached hydrogens (tertiary/aromatic N) is 1. The first kappa shape index (κ1) is 14.1. The molecular formula is C17H21N3S. The Labute approximate surface area is 130 Å². The molecule has 3 nitrogen and oxygen atoms in total. The van der Waals surface area contributed by atoms with E-state index in [0.717, 1.165) is 19.0 Å². The van der Waals surface area contributed by atoms with Crippen LogP contribution in [0.2, 0.25) is 0 Å². The van der Waals surface area contributed by atoms with E-state index in [1.165, 1.54) is 40.8 Å². The lowest BCUT2D eigenvalue weighted by molar-refractivity contribution is 0.814. The van der Waals surface area contributed by atoms with Crippen LogP contribution >= 0.6 is 11.3 Å². The zero-order chi connectivity index (χ0) is 14.5. The topological polar surface area (TPSA) is 36.4 Å². The third kappa shape index (κ3) is 3.64. The zero-order valence-corrected chi connectivity index (χ0v) is 13.2. The van der Waals surface area contributed by atoms with Crippen molar-refractivity contribution in [2.24, 2.45) is 4.99 Å². The van der Waals surface area contributed by atoms with E-state index < -0.39 is 0 Å². The predicted octanol–water partition coefficient (Wildman–Crippen LogP) is 3.10. The van der Waals surface area contributed by atoms with Crippen LogP contribution in [0.5, 0.6) is 0 Å². The van der Waals surface area contributed by atoms with E-state index in [0.29, 0.717) is 0 Å². The number of aryl methyl sites for hydroxylation is 2. The van der Waals surface area contributed by atoms with Gasteiger partial charge in [0.2, 0.25) is 0 Å². The van der Waals surface area contributed by atoms with Gasteiger partial charge >= 0.3 is 0 Å². The molecule has 0 radical (unpaired) electrons. The fourth-order valence-corrected chi connectivity index (χ4v) is 3.37. The fraction of sp³-hybridized carbons (Fsp3) is 0.353. The Morgan fingerprint density at radius 1 is 1.14 bits per heavy atom. The van der Waals surface area contributed by atoms with Crippen molar-refractivity contribution in [2.45, 2.75) is 32.4 Å². The second kappa shape index (κ2) is 6.76. The van der Waals surface area contributed by atoms with Crippen LogP contribution < -0.4 is 10.6 Å². The maximum atomic E-state index is 4.27. The van der Waals surface area contributed by atoms with E-state index in [-0.39, 0.29) is 0 Å². The van der Waals surface area contributed by atoms with E-state index in [4.69, 9.17) is 0 Å². The van der Waals surface area contributed by atoms with Crippen molar-refractivity contribution in [1.29, 1.82) is 0 Å². The second-order valence-corrected chi connectivity index (χ2v) is 6.35. The summed E-state index contributed by atoms with van der Waals surface area (Å²) in [6.07, 6.45) is 3.78. The van der Waals surface area contributed by atoms with Crippen LogP contribution in [-0.4, -0.2) is 13.0 Å². The molecule has 1 aliphatic carbocycles. The standard InChI is InChI=1S/C17H21N3S/c1-18-17(20-12-16-6-3-9-21-16)19-11-13-7-8-14-4-2-5-15(14)10-13/h3,6-10H,2,4-5,11-12H2,1H3,(H2,18,19,20). The molecule has 0 aliphatic heterocycles. The molecule has 0 spiro atoms. The molecule has 0 saturated carbocycles. The van der Waals surface area contributed by atoms with E-state index in [1.54, 1.807) is 11.3 Å². The van der Waals surface area contributed by atoms with Crippen LogP contribution in [0.15, 0.2) is 40.7 Å². The highest BCUT2D eigenvalue weighted by molar-refractivity contribution is 7.09. The summed E-state index contributed by atoms with van der Waals surface area (Å²) in [4.78, 5) is 5.59. The monoisotopic (exact) mass is 299 g/mol. The van der Waals surface area contributed by atoms with Gasteiger partial charge in [-0.15, -0.1) is 11.3 Å². The lowest BCUT2D eigenvalue weighted by atomic mass is 10.1. The number of guanidine groups is 1. The van der Waals surface area contributed by atoms with Crippen molar-refractivity contribution in [3.63, 3.8) is 0 Å². The quantitative estimate of drug-likeness (QED) is 0.672. The van der Waals surface area contributed by atoms with Gasteiger partial charge in [-0.3, -0.25) is 4.99 Å². The minimum Gasteiger partial charge on any atom is -0.352 e. The van der Waals surface area contributed by atoms with Gasteiger partial charge in [0.1, 0.15) is 0 Å². The van der Waals surface area contributed by atoms with E-state index in [2.05, 4.69) is 51.3 Å². The number of rotatable bonds is 4. The second-order valence-electron chi connectivity index (χ2n) is 5.32. The van der Waals surface area contributed by atoms with Crippen LogP contribution in [0.25, 0.3) is 0 Å². The number of nitrogens with one attached hydrogen (secondary N) is 2. The first-order valence-corrected chi connectivity index (χ1v) is 8.30. The van der Waals surface area contributed by atoms with Gasteiger partial charge in [-0.05, 0) is 47.4 Å². The van der Waals surface area contributed by atoms with Gasteiger partial charge in [-0.25, -0.2) is 0 Å². The molecule has 0 unspecified atom stereocenters. The summed E-state index contributed by atoms with van der Waals surface area (Å²) in [5.41, 5.74) is 4.38. The molecule has 1 aromatic carbocycles. The van der Waals surface area contributed by atoms with Crippen molar-refractivity contribution in [3.8, 4) is 0 Å². The molecule has 0 amide bonds. The minimum atomic E-state index is 0.817. The van der Waals surface area contributed by atoms with Gasteiger partial charge < -0.3 is 10.6 Å². The zero-order valence-electron chi connectivity index (χ0n) is 12.4. The van der Waals surface area contributed by atoms with Gasteiger partial charge in [0.15, 0.2) is 5.96 Å². The molecule has 2 N–H and O–H groups in total. The van der Waals surface area contributed by atoms with E-state index in [1.807, 2.05) is 7.05 Å². The molecule has 4 heteroatoms. The third-order valence-corrected chi connectivity index (χ3v) is 4.73. The van der Waals surface area contributed by atoms with Gasteiger partial charge in [0, 0.05) is 18.5 Å². The summed E-state index contributed by atoms with van der Waals surface area (Å²) >= 11 is 1.76. The van der Waals surface area contributed by atoms with Crippen LogP contribution in [0.1, 0.15) is 28.0 Å². The Morgan fingerprint density at radius 3 is 2.81 bits per heavy atom. The van der Waals surface area contributed by atoms with Crippen molar-refractivity contribution in [2.75, 3.05) is 7.05 Å². The van der Waals surface area contributed by atoms with Crippen molar-refractivity contribution in [3.05, 3.63) is 57.3 Å². The Bertz CT molecular complexity index is 617. The average molecular weight is 299 g/mol. The number of aliphatic imine (C=N–C) groups is 1. The largest absolute Gasteiger partial charge is 0.352 e. The van der Waals surface area contributed by atoms with Crippen molar-refractivity contribution in [1.82, 2.24) is 10.6 Å². The molecule has 1 heterocycles. The van der Waals surface area contributed by atoms with Gasteiger partial charge in [-0.1, -0.05) is 24.3 Å².